The van der Waals surface area contributed by atoms with Crippen molar-refractivity contribution in [3.8, 4) is 0 Å². The van der Waals surface area contributed by atoms with Gasteiger partial charge in [-0.1, -0.05) is 73.1 Å². The van der Waals surface area contributed by atoms with Gasteiger partial charge < -0.3 is 14.6 Å². The minimum absolute atomic E-state index is 0.0660. The van der Waals surface area contributed by atoms with Crippen molar-refractivity contribution in [1.82, 2.24) is 0 Å². The maximum atomic E-state index is 12.1. The molecule has 0 aliphatic heterocycles. The lowest BCUT2D eigenvalue weighted by atomic mass is 9.81. The number of ether oxygens (including phenoxy) is 2. The molecule has 0 spiro atoms. The van der Waals surface area contributed by atoms with Crippen LogP contribution in [-0.4, -0.2) is 36.9 Å². The van der Waals surface area contributed by atoms with Crippen molar-refractivity contribution in [1.29, 1.82) is 0 Å². The van der Waals surface area contributed by atoms with Crippen molar-refractivity contribution in [3.05, 3.63) is 0 Å². The second kappa shape index (κ2) is 14.1. The lowest BCUT2D eigenvalue weighted by Gasteiger charge is -2.27. The van der Waals surface area contributed by atoms with E-state index in [1.165, 1.54) is 32.1 Å². The van der Waals surface area contributed by atoms with Gasteiger partial charge in [0.15, 0.2) is 0 Å². The molecule has 1 saturated carbocycles. The average Bonchev–Trinajstić information content (AvgIpc) is 2.72. The third-order valence-electron chi connectivity index (χ3n) is 6.52. The van der Waals surface area contributed by atoms with E-state index in [1.807, 2.05) is 0 Å². The Balaban J connectivity index is 2.24. The summed E-state index contributed by atoms with van der Waals surface area (Å²) in [4.78, 5) is 24.2. The molecule has 0 aromatic carbocycles. The molecule has 1 rings (SSSR count). The highest BCUT2D eigenvalue weighted by Gasteiger charge is 2.28. The first-order chi connectivity index (χ1) is 14.1. The first-order valence-electron chi connectivity index (χ1n) is 12.1. The summed E-state index contributed by atoms with van der Waals surface area (Å²) in [6, 6.07) is 0. The molecule has 0 aromatic heterocycles. The molecule has 0 saturated heterocycles. The van der Waals surface area contributed by atoms with Crippen LogP contribution in [0.25, 0.3) is 0 Å². The van der Waals surface area contributed by atoms with Crippen LogP contribution in [0.5, 0.6) is 0 Å². The molecule has 2 atom stereocenters. The Bertz CT molecular complexity index is 496. The zero-order valence-electron chi connectivity index (χ0n) is 20.1. The summed E-state index contributed by atoms with van der Waals surface area (Å²) < 4.78 is 10.8. The normalized spacial score (nSPS) is 22.4. The van der Waals surface area contributed by atoms with Gasteiger partial charge in [-0.3, -0.25) is 9.59 Å². The zero-order chi connectivity index (χ0) is 22.6. The highest BCUT2D eigenvalue weighted by Crippen LogP contribution is 2.31. The highest BCUT2D eigenvalue weighted by molar-refractivity contribution is 5.69. The van der Waals surface area contributed by atoms with Gasteiger partial charge in [0.1, 0.15) is 13.2 Å². The minimum atomic E-state index is -0.755. The van der Waals surface area contributed by atoms with E-state index in [-0.39, 0.29) is 31.8 Å². The highest BCUT2D eigenvalue weighted by atomic mass is 16.5. The summed E-state index contributed by atoms with van der Waals surface area (Å²) in [6.45, 7) is 10.6. The fourth-order valence-corrected chi connectivity index (χ4v) is 3.85. The molecule has 0 amide bonds. The largest absolute Gasteiger partial charge is 0.465 e. The van der Waals surface area contributed by atoms with Crippen LogP contribution in [0.2, 0.25) is 0 Å². The molecule has 0 heterocycles. The number of aliphatic hydroxyl groups is 1. The molecule has 0 radical (unpaired) electrons. The SMILES string of the molecule is CC(C)CCC(C)CCC(=O)OCC(C)(CO)COC(=O)CCC1CCC(C)CC1. The van der Waals surface area contributed by atoms with E-state index >= 15 is 0 Å². The van der Waals surface area contributed by atoms with E-state index in [1.54, 1.807) is 6.92 Å². The Morgan fingerprint density at radius 3 is 2.03 bits per heavy atom. The molecule has 176 valence electrons. The molecule has 5 nitrogen and oxygen atoms in total. The lowest BCUT2D eigenvalue weighted by molar-refractivity contribution is -0.155. The molecule has 30 heavy (non-hydrogen) atoms. The van der Waals surface area contributed by atoms with Crippen LogP contribution < -0.4 is 0 Å². The van der Waals surface area contributed by atoms with E-state index < -0.39 is 5.41 Å². The van der Waals surface area contributed by atoms with Crippen LogP contribution in [0.15, 0.2) is 0 Å². The summed E-state index contributed by atoms with van der Waals surface area (Å²) in [5, 5.41) is 9.73. The molecule has 5 heteroatoms. The average molecular weight is 427 g/mol. The topological polar surface area (TPSA) is 72.8 Å². The van der Waals surface area contributed by atoms with Crippen LogP contribution in [0.1, 0.15) is 98.8 Å². The van der Waals surface area contributed by atoms with Gasteiger partial charge in [0.2, 0.25) is 0 Å². The summed E-state index contributed by atoms with van der Waals surface area (Å²) in [6.07, 6.45) is 9.72. The van der Waals surface area contributed by atoms with Crippen LogP contribution >= 0.6 is 0 Å². The third kappa shape index (κ3) is 11.9. The lowest BCUT2D eigenvalue weighted by Crippen LogP contribution is -2.35. The zero-order valence-corrected chi connectivity index (χ0v) is 20.1. The molecular weight excluding hydrogens is 380 g/mol. The predicted molar refractivity (Wildman–Crippen MR) is 120 cm³/mol. The standard InChI is InChI=1S/C25H46O5/c1-19(2)6-7-20(3)10-14-23(27)29-17-25(5,16-26)18-30-24(28)15-13-22-11-8-21(4)9-12-22/h19-22,26H,6-18H2,1-5H3. The number of aliphatic hydroxyl groups excluding tert-OH is 1. The van der Waals surface area contributed by atoms with Crippen LogP contribution in [0, 0.1) is 29.1 Å². The molecule has 0 bridgehead atoms. The van der Waals surface area contributed by atoms with Crippen molar-refractivity contribution in [2.45, 2.75) is 98.8 Å². The van der Waals surface area contributed by atoms with Gasteiger partial charge in [-0.25, -0.2) is 0 Å². The van der Waals surface area contributed by atoms with Crippen LogP contribution in [0.3, 0.4) is 0 Å². The Morgan fingerprint density at radius 2 is 1.50 bits per heavy atom. The second-order valence-corrected chi connectivity index (χ2v) is 10.6. The Morgan fingerprint density at radius 1 is 0.933 bits per heavy atom. The van der Waals surface area contributed by atoms with Crippen LogP contribution in [0.4, 0.5) is 0 Å². The van der Waals surface area contributed by atoms with Crippen molar-refractivity contribution in [2.75, 3.05) is 19.8 Å². The Hall–Kier alpha value is -1.10. The minimum Gasteiger partial charge on any atom is -0.465 e. The van der Waals surface area contributed by atoms with Gasteiger partial charge in [0.25, 0.3) is 0 Å². The van der Waals surface area contributed by atoms with Gasteiger partial charge in [-0.15, -0.1) is 0 Å². The number of hydrogen-bond acceptors (Lipinski definition) is 5. The van der Waals surface area contributed by atoms with Gasteiger partial charge >= 0.3 is 11.9 Å². The van der Waals surface area contributed by atoms with Crippen LogP contribution in [-0.2, 0) is 19.1 Å². The molecule has 1 aliphatic carbocycles. The Kier molecular flexibility index (Phi) is 12.6. The quantitative estimate of drug-likeness (QED) is 0.370. The fourth-order valence-electron chi connectivity index (χ4n) is 3.85. The summed E-state index contributed by atoms with van der Waals surface area (Å²) in [5.41, 5.74) is -0.755. The van der Waals surface area contributed by atoms with Crippen molar-refractivity contribution in [2.24, 2.45) is 29.1 Å². The first kappa shape index (κ1) is 26.9. The number of rotatable bonds is 14. The molecule has 1 N–H and O–H groups in total. The van der Waals surface area contributed by atoms with Gasteiger partial charge in [-0.2, -0.15) is 0 Å². The van der Waals surface area contributed by atoms with Gasteiger partial charge in [0.05, 0.1) is 12.0 Å². The van der Waals surface area contributed by atoms with E-state index in [2.05, 4.69) is 27.7 Å². The first-order valence-corrected chi connectivity index (χ1v) is 12.1. The maximum Gasteiger partial charge on any atom is 0.305 e. The molecular formula is C25H46O5. The molecule has 1 aliphatic rings. The maximum absolute atomic E-state index is 12.1. The van der Waals surface area contributed by atoms with E-state index in [0.717, 1.165) is 25.2 Å². The number of carbonyl (C=O) groups excluding carboxylic acids is 2. The summed E-state index contributed by atoms with van der Waals surface area (Å²) in [7, 11) is 0. The van der Waals surface area contributed by atoms with E-state index in [9.17, 15) is 14.7 Å². The smallest absolute Gasteiger partial charge is 0.305 e. The summed E-state index contributed by atoms with van der Waals surface area (Å²) >= 11 is 0. The number of esters is 2. The monoisotopic (exact) mass is 426 g/mol. The summed E-state index contributed by atoms with van der Waals surface area (Å²) in [5.74, 6) is 2.14. The second-order valence-electron chi connectivity index (χ2n) is 10.6. The third-order valence-corrected chi connectivity index (χ3v) is 6.52. The molecule has 1 fully saturated rings. The van der Waals surface area contributed by atoms with E-state index in [0.29, 0.717) is 30.6 Å². The van der Waals surface area contributed by atoms with Gasteiger partial charge in [0, 0.05) is 12.8 Å². The number of carbonyl (C=O) groups is 2. The van der Waals surface area contributed by atoms with Crippen molar-refractivity contribution in [3.63, 3.8) is 0 Å². The number of hydrogen-bond donors (Lipinski definition) is 1. The fraction of sp³-hybridized carbons (Fsp3) is 0.920. The molecule has 2 unspecified atom stereocenters. The van der Waals surface area contributed by atoms with Gasteiger partial charge in [-0.05, 0) is 36.5 Å². The van der Waals surface area contributed by atoms with Crippen molar-refractivity contribution >= 4 is 11.9 Å². The Labute approximate surface area is 184 Å². The predicted octanol–water partition coefficient (Wildman–Crippen LogP) is 5.53. The van der Waals surface area contributed by atoms with E-state index in [4.69, 9.17) is 9.47 Å². The van der Waals surface area contributed by atoms with Crippen molar-refractivity contribution < 1.29 is 24.2 Å². The molecule has 0 aromatic rings.